The summed E-state index contributed by atoms with van der Waals surface area (Å²) in [5, 5.41) is 4.75. The van der Waals surface area contributed by atoms with Crippen molar-refractivity contribution < 1.29 is 9.13 Å². The number of aryl methyl sites for hydroxylation is 1. The van der Waals surface area contributed by atoms with Crippen LogP contribution >= 0.6 is 0 Å². The number of ether oxygens (including phenoxy) is 1. The van der Waals surface area contributed by atoms with Gasteiger partial charge in [0.1, 0.15) is 12.4 Å². The molecule has 6 nitrogen and oxygen atoms in total. The highest BCUT2D eigenvalue weighted by Gasteiger charge is 2.10. The average molecular weight is 273 g/mol. The first kappa shape index (κ1) is 12.3. The Labute approximate surface area is 114 Å². The first-order valence-electron chi connectivity index (χ1n) is 5.96. The fraction of sp³-hybridized carbons (Fsp3) is 0.154. The maximum absolute atomic E-state index is 13.4. The summed E-state index contributed by atoms with van der Waals surface area (Å²) >= 11 is 0. The molecule has 0 aliphatic rings. The normalized spacial score (nSPS) is 10.9. The minimum absolute atomic E-state index is 0.0340. The first-order chi connectivity index (χ1) is 9.65. The molecule has 0 atom stereocenters. The van der Waals surface area contributed by atoms with Crippen molar-refractivity contribution in [2.75, 3.05) is 5.73 Å². The molecule has 0 spiro atoms. The monoisotopic (exact) mass is 273 g/mol. The number of hydrogen-bond acceptors (Lipinski definition) is 5. The van der Waals surface area contributed by atoms with Gasteiger partial charge in [0.2, 0.25) is 0 Å². The number of nitrogen functional groups attached to an aromatic ring is 1. The molecule has 2 N–H and O–H groups in total. The van der Waals surface area contributed by atoms with Crippen LogP contribution in [0.2, 0.25) is 0 Å². The molecule has 2 aromatic heterocycles. The van der Waals surface area contributed by atoms with Gasteiger partial charge >= 0.3 is 0 Å². The first-order valence-corrected chi connectivity index (χ1v) is 5.96. The SMILES string of the molecule is Cn1ncc2c(N)nc(COc3ccccc3F)nc21. The Morgan fingerprint density at radius 3 is 2.90 bits per heavy atom. The molecule has 0 saturated heterocycles. The number of para-hydroxylation sites is 1. The van der Waals surface area contributed by atoms with Gasteiger partial charge in [-0.1, -0.05) is 12.1 Å². The van der Waals surface area contributed by atoms with E-state index in [1.165, 1.54) is 6.07 Å². The lowest BCUT2D eigenvalue weighted by Gasteiger charge is -2.07. The summed E-state index contributed by atoms with van der Waals surface area (Å²) in [4.78, 5) is 8.43. The van der Waals surface area contributed by atoms with Crippen LogP contribution in [0.3, 0.4) is 0 Å². The van der Waals surface area contributed by atoms with E-state index < -0.39 is 5.82 Å². The molecule has 0 aliphatic carbocycles. The number of nitrogens with two attached hydrogens (primary N) is 1. The van der Waals surface area contributed by atoms with E-state index in [4.69, 9.17) is 10.5 Å². The molecule has 20 heavy (non-hydrogen) atoms. The van der Waals surface area contributed by atoms with Gasteiger partial charge in [-0.2, -0.15) is 5.10 Å². The third-order valence-corrected chi connectivity index (χ3v) is 2.86. The van der Waals surface area contributed by atoms with Crippen LogP contribution in [0.1, 0.15) is 5.82 Å². The molecule has 0 unspecified atom stereocenters. The molecule has 0 radical (unpaired) electrons. The summed E-state index contributed by atoms with van der Waals surface area (Å²) in [5.74, 6) is 0.430. The van der Waals surface area contributed by atoms with Crippen molar-refractivity contribution in [1.29, 1.82) is 0 Å². The molecular formula is C13H12FN5O. The smallest absolute Gasteiger partial charge is 0.170 e. The standard InChI is InChI=1S/C13H12FN5O/c1-19-13-8(6-16-19)12(15)17-11(18-13)7-20-10-5-3-2-4-9(10)14/h2-6H,7H2,1H3,(H2,15,17,18). The lowest BCUT2D eigenvalue weighted by molar-refractivity contribution is 0.281. The number of benzene rings is 1. The van der Waals surface area contributed by atoms with Gasteiger partial charge < -0.3 is 10.5 Å². The molecule has 0 fully saturated rings. The Kier molecular flexibility index (Phi) is 2.94. The Bertz CT molecular complexity index is 771. The van der Waals surface area contributed by atoms with Crippen LogP contribution < -0.4 is 10.5 Å². The Balaban J connectivity index is 1.88. The van der Waals surface area contributed by atoms with Crippen LogP contribution in [0.5, 0.6) is 5.75 Å². The summed E-state index contributed by atoms with van der Waals surface area (Å²) < 4.78 is 20.4. The van der Waals surface area contributed by atoms with Gasteiger partial charge in [-0.25, -0.2) is 14.4 Å². The number of anilines is 1. The number of nitrogens with zero attached hydrogens (tertiary/aromatic N) is 4. The van der Waals surface area contributed by atoms with Crippen LogP contribution in [0.4, 0.5) is 10.2 Å². The van der Waals surface area contributed by atoms with E-state index in [1.807, 2.05) is 0 Å². The zero-order valence-corrected chi connectivity index (χ0v) is 10.7. The number of hydrogen-bond donors (Lipinski definition) is 1. The van der Waals surface area contributed by atoms with E-state index in [-0.39, 0.29) is 12.4 Å². The molecular weight excluding hydrogens is 261 g/mol. The van der Waals surface area contributed by atoms with Gasteiger partial charge in [-0.3, -0.25) is 4.68 Å². The van der Waals surface area contributed by atoms with Crippen LogP contribution in [0.25, 0.3) is 11.0 Å². The van der Waals surface area contributed by atoms with E-state index in [0.29, 0.717) is 22.7 Å². The van der Waals surface area contributed by atoms with E-state index in [0.717, 1.165) is 0 Å². The highest BCUT2D eigenvalue weighted by atomic mass is 19.1. The van der Waals surface area contributed by atoms with Crippen LogP contribution in [0, 0.1) is 5.82 Å². The molecule has 3 aromatic rings. The predicted molar refractivity (Wildman–Crippen MR) is 71.4 cm³/mol. The average Bonchev–Trinajstić information content (AvgIpc) is 2.80. The summed E-state index contributed by atoms with van der Waals surface area (Å²) in [5.41, 5.74) is 6.45. The second-order valence-corrected chi connectivity index (χ2v) is 4.25. The van der Waals surface area contributed by atoms with Gasteiger partial charge in [-0.05, 0) is 12.1 Å². The lowest BCUT2D eigenvalue weighted by Crippen LogP contribution is -2.06. The van der Waals surface area contributed by atoms with E-state index in [1.54, 1.807) is 36.1 Å². The molecule has 7 heteroatoms. The van der Waals surface area contributed by atoms with Crippen LogP contribution in [0.15, 0.2) is 30.5 Å². The third-order valence-electron chi connectivity index (χ3n) is 2.86. The summed E-state index contributed by atoms with van der Waals surface area (Å²) in [6, 6.07) is 6.16. The molecule has 0 bridgehead atoms. The van der Waals surface area contributed by atoms with E-state index >= 15 is 0 Å². The highest BCUT2D eigenvalue weighted by Crippen LogP contribution is 2.19. The maximum Gasteiger partial charge on any atom is 0.170 e. The predicted octanol–water partition coefficient (Wildman–Crippen LogP) is 1.66. The molecule has 2 heterocycles. The molecule has 0 aliphatic heterocycles. The van der Waals surface area contributed by atoms with Crippen molar-refractivity contribution in [2.45, 2.75) is 6.61 Å². The highest BCUT2D eigenvalue weighted by molar-refractivity contribution is 5.84. The Hall–Kier alpha value is -2.70. The largest absolute Gasteiger partial charge is 0.483 e. The van der Waals surface area contributed by atoms with Gasteiger partial charge in [-0.15, -0.1) is 0 Å². The van der Waals surface area contributed by atoms with Crippen LogP contribution in [-0.2, 0) is 13.7 Å². The third kappa shape index (κ3) is 2.13. The van der Waals surface area contributed by atoms with Crippen molar-refractivity contribution in [2.24, 2.45) is 7.05 Å². The lowest BCUT2D eigenvalue weighted by atomic mass is 10.3. The number of halogens is 1. The van der Waals surface area contributed by atoms with Crippen molar-refractivity contribution in [3.63, 3.8) is 0 Å². The second kappa shape index (κ2) is 4.76. The second-order valence-electron chi connectivity index (χ2n) is 4.25. The Morgan fingerprint density at radius 2 is 2.10 bits per heavy atom. The molecule has 1 aromatic carbocycles. The summed E-state index contributed by atoms with van der Waals surface area (Å²) in [6.07, 6.45) is 1.60. The number of rotatable bonds is 3. The van der Waals surface area contributed by atoms with Crippen molar-refractivity contribution in [3.05, 3.63) is 42.1 Å². The number of fused-ring (bicyclic) bond motifs is 1. The number of aromatic nitrogens is 4. The van der Waals surface area contributed by atoms with Gasteiger partial charge in [0.25, 0.3) is 0 Å². The maximum atomic E-state index is 13.4. The van der Waals surface area contributed by atoms with Gasteiger partial charge in [0.05, 0.1) is 11.6 Å². The molecule has 102 valence electrons. The minimum atomic E-state index is -0.429. The van der Waals surface area contributed by atoms with Crippen molar-refractivity contribution in [3.8, 4) is 5.75 Å². The van der Waals surface area contributed by atoms with Crippen LogP contribution in [-0.4, -0.2) is 19.7 Å². The van der Waals surface area contributed by atoms with Gasteiger partial charge in [0.15, 0.2) is 23.0 Å². The fourth-order valence-electron chi connectivity index (χ4n) is 1.86. The molecule has 0 amide bonds. The molecule has 0 saturated carbocycles. The fourth-order valence-corrected chi connectivity index (χ4v) is 1.86. The summed E-state index contributed by atoms with van der Waals surface area (Å²) in [6.45, 7) is 0.0340. The van der Waals surface area contributed by atoms with Crippen molar-refractivity contribution in [1.82, 2.24) is 19.7 Å². The zero-order valence-electron chi connectivity index (χ0n) is 10.7. The topological polar surface area (TPSA) is 78.9 Å². The molecule has 3 rings (SSSR count). The van der Waals surface area contributed by atoms with Crippen molar-refractivity contribution >= 4 is 16.9 Å². The summed E-state index contributed by atoms with van der Waals surface area (Å²) in [7, 11) is 1.76. The van der Waals surface area contributed by atoms with E-state index in [9.17, 15) is 4.39 Å². The van der Waals surface area contributed by atoms with E-state index in [2.05, 4.69) is 15.1 Å². The minimum Gasteiger partial charge on any atom is -0.483 e. The Morgan fingerprint density at radius 1 is 1.30 bits per heavy atom. The quantitative estimate of drug-likeness (QED) is 0.785. The van der Waals surface area contributed by atoms with Gasteiger partial charge in [0, 0.05) is 7.05 Å². The zero-order chi connectivity index (χ0) is 14.1.